The van der Waals surface area contributed by atoms with E-state index in [2.05, 4.69) is 0 Å². The molecule has 0 aliphatic heterocycles. The standard InChI is InChI=1S/C10H16O6P2S2/c1-11-17(19,12-2)15-9-5-7-10(8-6-9)16-18(20,13-3)14-4/h5-8H,1-4H3. The summed E-state index contributed by atoms with van der Waals surface area (Å²) in [5.41, 5.74) is 0. The van der Waals surface area contributed by atoms with Crippen molar-refractivity contribution in [2.75, 3.05) is 28.4 Å². The second-order valence-electron chi connectivity index (χ2n) is 3.28. The van der Waals surface area contributed by atoms with Crippen LogP contribution in [-0.4, -0.2) is 28.4 Å². The van der Waals surface area contributed by atoms with Gasteiger partial charge in [0, 0.05) is 52.1 Å². The van der Waals surface area contributed by atoms with Crippen molar-refractivity contribution >= 4 is 37.1 Å². The Morgan fingerprint density at radius 3 is 1.10 bits per heavy atom. The molecule has 114 valence electrons. The van der Waals surface area contributed by atoms with Crippen LogP contribution in [0, 0.1) is 0 Å². The second-order valence-corrected chi connectivity index (χ2v) is 9.58. The average molecular weight is 358 g/mol. The van der Waals surface area contributed by atoms with Crippen LogP contribution >= 0.6 is 13.4 Å². The molecule has 0 unspecified atom stereocenters. The average Bonchev–Trinajstić information content (AvgIpc) is 2.49. The lowest BCUT2D eigenvalue weighted by Gasteiger charge is -2.20. The minimum Gasteiger partial charge on any atom is -0.424 e. The van der Waals surface area contributed by atoms with Gasteiger partial charge in [-0.3, -0.25) is 0 Å². The monoisotopic (exact) mass is 358 g/mol. The van der Waals surface area contributed by atoms with Crippen molar-refractivity contribution in [3.05, 3.63) is 24.3 Å². The maximum absolute atomic E-state index is 5.48. The Hall–Kier alpha value is -0.0400. The number of rotatable bonds is 8. The molecule has 0 saturated heterocycles. The Kier molecular flexibility index (Phi) is 7.04. The lowest BCUT2D eigenvalue weighted by molar-refractivity contribution is 0.270. The quantitative estimate of drug-likeness (QED) is 0.655. The summed E-state index contributed by atoms with van der Waals surface area (Å²) in [4.78, 5) is 0. The third-order valence-corrected chi connectivity index (χ3v) is 7.05. The van der Waals surface area contributed by atoms with Gasteiger partial charge in [-0.25, -0.2) is 0 Å². The first-order chi connectivity index (χ1) is 9.40. The highest BCUT2D eigenvalue weighted by molar-refractivity contribution is 8.08. The molecule has 0 radical (unpaired) electrons. The van der Waals surface area contributed by atoms with Gasteiger partial charge in [0.1, 0.15) is 11.5 Å². The third-order valence-electron chi connectivity index (χ3n) is 2.15. The summed E-state index contributed by atoms with van der Waals surface area (Å²) >= 11 is 10.2. The van der Waals surface area contributed by atoms with E-state index in [4.69, 9.17) is 50.8 Å². The summed E-state index contributed by atoms with van der Waals surface area (Å²) in [6, 6.07) is 6.66. The van der Waals surface area contributed by atoms with Crippen molar-refractivity contribution in [2.45, 2.75) is 0 Å². The topological polar surface area (TPSA) is 55.4 Å². The molecule has 1 aromatic rings. The van der Waals surface area contributed by atoms with Crippen LogP contribution in [-0.2, 0) is 41.7 Å². The van der Waals surface area contributed by atoms with E-state index < -0.39 is 13.4 Å². The Morgan fingerprint density at radius 1 is 0.650 bits per heavy atom. The fourth-order valence-electron chi connectivity index (χ4n) is 1.12. The van der Waals surface area contributed by atoms with Crippen molar-refractivity contribution in [1.82, 2.24) is 0 Å². The van der Waals surface area contributed by atoms with E-state index in [-0.39, 0.29) is 0 Å². The van der Waals surface area contributed by atoms with E-state index in [1.807, 2.05) is 0 Å². The van der Waals surface area contributed by atoms with Gasteiger partial charge in [-0.15, -0.1) is 0 Å². The highest BCUT2D eigenvalue weighted by Crippen LogP contribution is 2.50. The van der Waals surface area contributed by atoms with Crippen molar-refractivity contribution < 1.29 is 27.1 Å². The molecule has 0 spiro atoms. The number of benzene rings is 1. The van der Waals surface area contributed by atoms with E-state index in [1.54, 1.807) is 24.3 Å². The molecule has 0 N–H and O–H groups in total. The first-order valence-corrected chi connectivity index (χ1v) is 10.4. The Bertz CT molecular complexity index is 458. The van der Waals surface area contributed by atoms with E-state index in [9.17, 15) is 0 Å². The van der Waals surface area contributed by atoms with Crippen LogP contribution in [0.4, 0.5) is 0 Å². The largest absolute Gasteiger partial charge is 0.424 e. The first kappa shape index (κ1) is 18.0. The number of hydrogen-bond acceptors (Lipinski definition) is 8. The molecule has 0 aliphatic carbocycles. The van der Waals surface area contributed by atoms with Gasteiger partial charge in [0.25, 0.3) is 0 Å². The molecule has 0 amide bonds. The van der Waals surface area contributed by atoms with Crippen LogP contribution in [0.1, 0.15) is 0 Å². The van der Waals surface area contributed by atoms with Gasteiger partial charge >= 0.3 is 13.4 Å². The van der Waals surface area contributed by atoms with Crippen LogP contribution in [0.2, 0.25) is 0 Å². The number of hydrogen-bond donors (Lipinski definition) is 0. The molecule has 0 bridgehead atoms. The third kappa shape index (κ3) is 5.06. The molecule has 0 fully saturated rings. The lowest BCUT2D eigenvalue weighted by atomic mass is 10.3. The van der Waals surface area contributed by atoms with E-state index in [1.165, 1.54) is 28.4 Å². The molecule has 0 atom stereocenters. The molecule has 1 aromatic carbocycles. The smallest absolute Gasteiger partial charge is 0.380 e. The van der Waals surface area contributed by atoms with Crippen molar-refractivity contribution in [2.24, 2.45) is 0 Å². The zero-order valence-corrected chi connectivity index (χ0v) is 14.9. The molecule has 0 aliphatic rings. The van der Waals surface area contributed by atoms with Gasteiger partial charge in [-0.2, -0.15) is 0 Å². The fraction of sp³-hybridized carbons (Fsp3) is 0.400. The van der Waals surface area contributed by atoms with Gasteiger partial charge in [-0.1, -0.05) is 0 Å². The van der Waals surface area contributed by atoms with Crippen LogP contribution in [0.25, 0.3) is 0 Å². The minimum absolute atomic E-state index is 0.507. The summed E-state index contributed by atoms with van der Waals surface area (Å²) < 4.78 is 31.1. The van der Waals surface area contributed by atoms with Crippen molar-refractivity contribution in [3.63, 3.8) is 0 Å². The molecule has 0 aromatic heterocycles. The maximum Gasteiger partial charge on any atom is 0.380 e. The highest BCUT2D eigenvalue weighted by atomic mass is 32.5. The molecule has 0 heterocycles. The summed E-state index contributed by atoms with van der Waals surface area (Å²) in [5, 5.41) is 0. The van der Waals surface area contributed by atoms with Crippen LogP contribution in [0.5, 0.6) is 11.5 Å². The van der Waals surface area contributed by atoms with E-state index >= 15 is 0 Å². The highest BCUT2D eigenvalue weighted by Gasteiger charge is 2.20. The molecule has 1 rings (SSSR count). The fourth-order valence-corrected chi connectivity index (χ4v) is 2.99. The zero-order valence-electron chi connectivity index (χ0n) is 11.5. The molecule has 0 saturated carbocycles. The molecular weight excluding hydrogens is 342 g/mol. The lowest BCUT2D eigenvalue weighted by Crippen LogP contribution is -1.98. The summed E-state index contributed by atoms with van der Waals surface area (Å²) in [6.07, 6.45) is 0. The SMILES string of the molecule is COP(=S)(OC)Oc1ccc(OP(=S)(OC)OC)cc1. The second kappa shape index (κ2) is 7.82. The van der Waals surface area contributed by atoms with E-state index in [0.29, 0.717) is 11.5 Å². The minimum atomic E-state index is -2.74. The Morgan fingerprint density at radius 2 is 0.900 bits per heavy atom. The molecule has 20 heavy (non-hydrogen) atoms. The molecule has 10 heteroatoms. The Labute approximate surface area is 128 Å². The van der Waals surface area contributed by atoms with Gasteiger partial charge in [-0.05, 0) is 24.3 Å². The molecule has 6 nitrogen and oxygen atoms in total. The van der Waals surface area contributed by atoms with Gasteiger partial charge in [0.2, 0.25) is 0 Å². The normalized spacial score (nSPS) is 12.2. The first-order valence-electron chi connectivity index (χ1n) is 5.32. The van der Waals surface area contributed by atoms with Crippen LogP contribution in [0.3, 0.4) is 0 Å². The van der Waals surface area contributed by atoms with Crippen LogP contribution < -0.4 is 9.05 Å². The van der Waals surface area contributed by atoms with Gasteiger partial charge in [0.05, 0.1) is 0 Å². The zero-order chi connectivity index (χ0) is 15.2. The maximum atomic E-state index is 5.48. The predicted molar refractivity (Wildman–Crippen MR) is 84.3 cm³/mol. The van der Waals surface area contributed by atoms with Crippen molar-refractivity contribution in [3.8, 4) is 11.5 Å². The Balaban J connectivity index is 2.79. The summed E-state index contributed by atoms with van der Waals surface area (Å²) in [6.45, 7) is -5.48. The van der Waals surface area contributed by atoms with Crippen molar-refractivity contribution in [1.29, 1.82) is 0 Å². The van der Waals surface area contributed by atoms with E-state index in [0.717, 1.165) is 0 Å². The van der Waals surface area contributed by atoms with Gasteiger partial charge in [0.15, 0.2) is 0 Å². The summed E-state index contributed by atoms with van der Waals surface area (Å²) in [7, 11) is 5.76. The van der Waals surface area contributed by atoms with Gasteiger partial charge < -0.3 is 27.1 Å². The summed E-state index contributed by atoms with van der Waals surface area (Å²) in [5.74, 6) is 1.01. The van der Waals surface area contributed by atoms with Crippen LogP contribution in [0.15, 0.2) is 24.3 Å². The molecular formula is C10H16O6P2S2. The predicted octanol–water partition coefficient (Wildman–Crippen LogP) is 3.48.